The second-order valence-corrected chi connectivity index (χ2v) is 3.44. The van der Waals surface area contributed by atoms with Crippen LogP contribution in [0.2, 0.25) is 0 Å². The molecule has 1 aliphatic heterocycles. The van der Waals surface area contributed by atoms with Crippen molar-refractivity contribution in [1.29, 1.82) is 0 Å². The van der Waals surface area contributed by atoms with Gasteiger partial charge in [-0.25, -0.2) is 0 Å². The quantitative estimate of drug-likeness (QED) is 0.686. The van der Waals surface area contributed by atoms with Crippen LogP contribution >= 0.6 is 0 Å². The summed E-state index contributed by atoms with van der Waals surface area (Å²) in [5, 5.41) is 12.5. The summed E-state index contributed by atoms with van der Waals surface area (Å²) >= 11 is 0. The Morgan fingerprint density at radius 1 is 1.38 bits per heavy atom. The molecule has 2 rings (SSSR count). The number of rotatable bonds is 1. The first-order chi connectivity index (χ1) is 6.36. The van der Waals surface area contributed by atoms with E-state index in [1.54, 1.807) is 6.07 Å². The maximum Gasteiger partial charge on any atom is 0.133 e. The number of nitrogens with zero attached hydrogens (tertiary/aromatic N) is 1. The summed E-state index contributed by atoms with van der Waals surface area (Å²) in [6.45, 7) is 1.08. The SMILES string of the molecule is Oc1ccc(C2CCCCN2)nc1. The van der Waals surface area contributed by atoms with Gasteiger partial charge >= 0.3 is 0 Å². The minimum Gasteiger partial charge on any atom is -0.506 e. The molecule has 1 atom stereocenters. The highest BCUT2D eigenvalue weighted by Gasteiger charge is 2.15. The maximum absolute atomic E-state index is 9.07. The van der Waals surface area contributed by atoms with E-state index in [2.05, 4.69) is 10.3 Å². The topological polar surface area (TPSA) is 45.1 Å². The molecule has 2 N–H and O–H groups in total. The fourth-order valence-electron chi connectivity index (χ4n) is 1.71. The number of aromatic nitrogens is 1. The van der Waals surface area contributed by atoms with Crippen LogP contribution in [0.15, 0.2) is 18.3 Å². The lowest BCUT2D eigenvalue weighted by Gasteiger charge is -2.22. The molecule has 1 saturated heterocycles. The van der Waals surface area contributed by atoms with E-state index in [1.165, 1.54) is 19.0 Å². The maximum atomic E-state index is 9.07. The Labute approximate surface area is 77.8 Å². The molecule has 0 aromatic carbocycles. The number of piperidine rings is 1. The van der Waals surface area contributed by atoms with Gasteiger partial charge in [0.15, 0.2) is 0 Å². The monoisotopic (exact) mass is 178 g/mol. The van der Waals surface area contributed by atoms with Crippen molar-refractivity contribution < 1.29 is 5.11 Å². The van der Waals surface area contributed by atoms with Crippen molar-refractivity contribution in [3.8, 4) is 5.75 Å². The van der Waals surface area contributed by atoms with Crippen LogP contribution in [-0.4, -0.2) is 16.6 Å². The molecular weight excluding hydrogens is 164 g/mol. The minimum atomic E-state index is 0.236. The Morgan fingerprint density at radius 2 is 2.31 bits per heavy atom. The van der Waals surface area contributed by atoms with Crippen LogP contribution in [0, 0.1) is 0 Å². The van der Waals surface area contributed by atoms with Crippen molar-refractivity contribution in [3.63, 3.8) is 0 Å². The molecule has 1 unspecified atom stereocenters. The van der Waals surface area contributed by atoms with Gasteiger partial charge in [-0.05, 0) is 31.5 Å². The van der Waals surface area contributed by atoms with Crippen LogP contribution in [0.4, 0.5) is 0 Å². The van der Waals surface area contributed by atoms with Gasteiger partial charge in [0.1, 0.15) is 5.75 Å². The molecule has 13 heavy (non-hydrogen) atoms. The highest BCUT2D eigenvalue weighted by molar-refractivity contribution is 5.20. The Morgan fingerprint density at radius 3 is 2.92 bits per heavy atom. The first-order valence-corrected chi connectivity index (χ1v) is 4.74. The molecule has 1 aliphatic rings. The molecule has 0 saturated carbocycles. The predicted molar refractivity (Wildman–Crippen MR) is 50.5 cm³/mol. The molecule has 3 nitrogen and oxygen atoms in total. The van der Waals surface area contributed by atoms with Gasteiger partial charge in [-0.1, -0.05) is 6.42 Å². The summed E-state index contributed by atoms with van der Waals surface area (Å²) in [6.07, 6.45) is 5.18. The normalized spacial score (nSPS) is 22.9. The number of hydrogen-bond donors (Lipinski definition) is 2. The van der Waals surface area contributed by atoms with Crippen molar-refractivity contribution in [3.05, 3.63) is 24.0 Å². The fourth-order valence-corrected chi connectivity index (χ4v) is 1.71. The molecule has 1 fully saturated rings. The zero-order valence-corrected chi connectivity index (χ0v) is 7.53. The first-order valence-electron chi connectivity index (χ1n) is 4.74. The number of nitrogens with one attached hydrogen (secondary N) is 1. The van der Waals surface area contributed by atoms with Crippen LogP contribution in [0.25, 0.3) is 0 Å². The Hall–Kier alpha value is -1.09. The van der Waals surface area contributed by atoms with Crippen molar-refractivity contribution >= 4 is 0 Å². The lowest BCUT2D eigenvalue weighted by Crippen LogP contribution is -2.27. The summed E-state index contributed by atoms with van der Waals surface area (Å²) in [5.41, 5.74) is 1.04. The smallest absolute Gasteiger partial charge is 0.133 e. The van der Waals surface area contributed by atoms with Crippen molar-refractivity contribution in [1.82, 2.24) is 10.3 Å². The largest absolute Gasteiger partial charge is 0.506 e. The Balaban J connectivity index is 2.10. The van der Waals surface area contributed by atoms with Crippen molar-refractivity contribution in [2.75, 3.05) is 6.54 Å². The van der Waals surface area contributed by atoms with Gasteiger partial charge in [0.2, 0.25) is 0 Å². The van der Waals surface area contributed by atoms with E-state index < -0.39 is 0 Å². The highest BCUT2D eigenvalue weighted by atomic mass is 16.3. The van der Waals surface area contributed by atoms with Gasteiger partial charge in [-0.15, -0.1) is 0 Å². The Kier molecular flexibility index (Phi) is 2.45. The summed E-state index contributed by atoms with van der Waals surface area (Å²) in [5.74, 6) is 0.236. The molecule has 0 amide bonds. The minimum absolute atomic E-state index is 0.236. The average Bonchev–Trinajstić information content (AvgIpc) is 2.20. The van der Waals surface area contributed by atoms with E-state index in [0.29, 0.717) is 6.04 Å². The molecule has 2 heterocycles. The van der Waals surface area contributed by atoms with Gasteiger partial charge in [0.05, 0.1) is 11.9 Å². The third kappa shape index (κ3) is 1.98. The summed E-state index contributed by atoms with van der Waals surface area (Å²) in [7, 11) is 0. The molecule has 0 spiro atoms. The van der Waals surface area contributed by atoms with E-state index in [1.807, 2.05) is 6.07 Å². The average molecular weight is 178 g/mol. The van der Waals surface area contributed by atoms with E-state index in [0.717, 1.165) is 18.7 Å². The zero-order valence-electron chi connectivity index (χ0n) is 7.53. The molecule has 0 radical (unpaired) electrons. The van der Waals surface area contributed by atoms with Gasteiger partial charge < -0.3 is 10.4 Å². The van der Waals surface area contributed by atoms with Gasteiger partial charge in [0, 0.05) is 6.04 Å². The standard InChI is InChI=1S/C10H14N2O/c13-8-4-5-10(12-7-8)9-3-1-2-6-11-9/h4-5,7,9,11,13H,1-3,6H2. The van der Waals surface area contributed by atoms with E-state index in [9.17, 15) is 0 Å². The van der Waals surface area contributed by atoms with Crippen molar-refractivity contribution in [2.45, 2.75) is 25.3 Å². The van der Waals surface area contributed by atoms with Gasteiger partial charge in [-0.3, -0.25) is 4.98 Å². The molecular formula is C10H14N2O. The van der Waals surface area contributed by atoms with Gasteiger partial charge in [-0.2, -0.15) is 0 Å². The summed E-state index contributed by atoms with van der Waals surface area (Å²) in [4.78, 5) is 4.19. The Bertz CT molecular complexity index is 265. The lowest BCUT2D eigenvalue weighted by atomic mass is 10.0. The molecule has 0 aliphatic carbocycles. The molecule has 1 aromatic rings. The van der Waals surface area contributed by atoms with Crippen LogP contribution in [0.5, 0.6) is 5.75 Å². The van der Waals surface area contributed by atoms with E-state index in [4.69, 9.17) is 5.11 Å². The number of hydrogen-bond acceptors (Lipinski definition) is 3. The summed E-state index contributed by atoms with van der Waals surface area (Å²) < 4.78 is 0. The van der Waals surface area contributed by atoms with Crippen LogP contribution < -0.4 is 5.32 Å². The third-order valence-corrected chi connectivity index (χ3v) is 2.44. The number of pyridine rings is 1. The van der Waals surface area contributed by atoms with E-state index in [-0.39, 0.29) is 5.75 Å². The highest BCUT2D eigenvalue weighted by Crippen LogP contribution is 2.21. The second-order valence-electron chi connectivity index (χ2n) is 3.44. The number of aromatic hydroxyl groups is 1. The van der Waals surface area contributed by atoms with E-state index >= 15 is 0 Å². The first kappa shape index (κ1) is 8.51. The summed E-state index contributed by atoms with van der Waals surface area (Å²) in [6, 6.07) is 3.96. The molecule has 3 heteroatoms. The lowest BCUT2D eigenvalue weighted by molar-refractivity contribution is 0.403. The fraction of sp³-hybridized carbons (Fsp3) is 0.500. The third-order valence-electron chi connectivity index (χ3n) is 2.44. The molecule has 70 valence electrons. The molecule has 0 bridgehead atoms. The van der Waals surface area contributed by atoms with Crippen molar-refractivity contribution in [2.24, 2.45) is 0 Å². The second kappa shape index (κ2) is 3.75. The molecule has 1 aromatic heterocycles. The predicted octanol–water partition coefficient (Wildman–Crippen LogP) is 1.60. The van der Waals surface area contributed by atoms with Crippen LogP contribution in [0.3, 0.4) is 0 Å². The van der Waals surface area contributed by atoms with Gasteiger partial charge in [0.25, 0.3) is 0 Å². The zero-order chi connectivity index (χ0) is 9.10. The van der Waals surface area contributed by atoms with Crippen LogP contribution in [0.1, 0.15) is 31.0 Å². The van der Waals surface area contributed by atoms with Crippen LogP contribution in [-0.2, 0) is 0 Å².